The Morgan fingerprint density at radius 1 is 1.17 bits per heavy atom. The van der Waals surface area contributed by atoms with E-state index in [-0.39, 0.29) is 32.3 Å². The van der Waals surface area contributed by atoms with Crippen molar-refractivity contribution in [3.63, 3.8) is 0 Å². The molecule has 1 aromatic carbocycles. The van der Waals surface area contributed by atoms with Gasteiger partial charge in [-0.15, -0.1) is 0 Å². The molecule has 2 heterocycles. The molecule has 3 rings (SSSR count). The number of carbonyl (C=O) groups excluding carboxylic acids is 1. The molecule has 148 valence electrons. The number of nitrogens with two attached hydrogens (primary N) is 1. The summed E-state index contributed by atoms with van der Waals surface area (Å²) in [5, 5.41) is 14.1. The Hall–Kier alpha value is -3.14. The van der Waals surface area contributed by atoms with Crippen molar-refractivity contribution in [2.24, 2.45) is 5.10 Å². The summed E-state index contributed by atoms with van der Waals surface area (Å²) >= 11 is 17.6. The number of nitrogens with zero attached hydrogens (tertiary/aromatic N) is 3. The fourth-order valence-electron chi connectivity index (χ4n) is 2.21. The van der Waals surface area contributed by atoms with Crippen molar-refractivity contribution in [3.8, 4) is 11.3 Å². The summed E-state index contributed by atoms with van der Waals surface area (Å²) in [4.78, 5) is 26.2. The number of pyridine rings is 1. The minimum atomic E-state index is -0.751. The number of nitro groups is 1. The SMILES string of the molecule is Nc1c(Cl)c(Cl)nc(C(=O)NN=Cc2ccc(-c3ccc([N+](=O)[O-])cc3)o2)c1Cl. The van der Waals surface area contributed by atoms with Crippen molar-refractivity contribution >= 4 is 58.3 Å². The molecule has 0 bridgehead atoms. The van der Waals surface area contributed by atoms with E-state index in [0.29, 0.717) is 17.1 Å². The maximum absolute atomic E-state index is 12.2. The van der Waals surface area contributed by atoms with Crippen LogP contribution in [-0.2, 0) is 0 Å². The van der Waals surface area contributed by atoms with Crippen LogP contribution in [0.1, 0.15) is 16.2 Å². The average molecular weight is 455 g/mol. The monoisotopic (exact) mass is 453 g/mol. The van der Waals surface area contributed by atoms with Crippen molar-refractivity contribution in [1.82, 2.24) is 10.4 Å². The zero-order valence-corrected chi connectivity index (χ0v) is 16.5. The van der Waals surface area contributed by atoms with Crippen LogP contribution in [0.3, 0.4) is 0 Å². The number of amides is 1. The van der Waals surface area contributed by atoms with Crippen molar-refractivity contribution in [1.29, 1.82) is 0 Å². The summed E-state index contributed by atoms with van der Waals surface area (Å²) in [7, 11) is 0. The number of carbonyl (C=O) groups is 1. The van der Waals surface area contributed by atoms with Gasteiger partial charge in [0.25, 0.3) is 11.6 Å². The molecule has 0 radical (unpaired) electrons. The van der Waals surface area contributed by atoms with Gasteiger partial charge in [0.05, 0.1) is 21.8 Å². The molecule has 29 heavy (non-hydrogen) atoms. The number of halogens is 3. The Kier molecular flexibility index (Phi) is 6.02. The van der Waals surface area contributed by atoms with Gasteiger partial charge < -0.3 is 10.2 Å². The first-order chi connectivity index (χ1) is 13.8. The Bertz CT molecular complexity index is 1130. The molecule has 0 spiro atoms. The van der Waals surface area contributed by atoms with Crippen LogP contribution in [0.25, 0.3) is 11.3 Å². The molecular weight excluding hydrogens is 445 g/mol. The minimum absolute atomic E-state index is 0.0278. The second-order valence-corrected chi connectivity index (χ2v) is 6.61. The topological polar surface area (TPSA) is 137 Å². The van der Waals surface area contributed by atoms with Gasteiger partial charge >= 0.3 is 0 Å². The van der Waals surface area contributed by atoms with Crippen molar-refractivity contribution in [2.75, 3.05) is 5.73 Å². The molecule has 9 nitrogen and oxygen atoms in total. The number of non-ortho nitro benzene ring substituents is 1. The number of nitrogen functional groups attached to an aromatic ring is 1. The highest BCUT2D eigenvalue weighted by Gasteiger charge is 2.19. The van der Waals surface area contributed by atoms with Crippen LogP contribution in [0.5, 0.6) is 0 Å². The van der Waals surface area contributed by atoms with E-state index in [1.807, 2.05) is 0 Å². The van der Waals surface area contributed by atoms with E-state index in [2.05, 4.69) is 15.5 Å². The number of hydrogen-bond acceptors (Lipinski definition) is 7. The second kappa shape index (κ2) is 8.48. The van der Waals surface area contributed by atoms with Gasteiger partial charge in [-0.2, -0.15) is 5.10 Å². The van der Waals surface area contributed by atoms with Crippen molar-refractivity contribution in [2.45, 2.75) is 0 Å². The van der Waals surface area contributed by atoms with Gasteiger partial charge in [-0.25, -0.2) is 10.4 Å². The van der Waals surface area contributed by atoms with Crippen molar-refractivity contribution < 1.29 is 14.1 Å². The molecule has 0 saturated heterocycles. The number of aromatic nitrogens is 1. The first kappa shape index (κ1) is 20.6. The highest BCUT2D eigenvalue weighted by atomic mass is 35.5. The van der Waals surface area contributed by atoms with Crippen LogP contribution in [0.2, 0.25) is 15.2 Å². The van der Waals surface area contributed by atoms with Gasteiger partial charge in [-0.05, 0) is 24.3 Å². The van der Waals surface area contributed by atoms with Crippen LogP contribution in [0.4, 0.5) is 11.4 Å². The molecule has 0 aliphatic heterocycles. The molecule has 1 amide bonds. The van der Waals surface area contributed by atoms with E-state index in [4.69, 9.17) is 45.0 Å². The molecule has 3 N–H and O–H groups in total. The van der Waals surface area contributed by atoms with Crippen LogP contribution < -0.4 is 11.2 Å². The lowest BCUT2D eigenvalue weighted by molar-refractivity contribution is -0.384. The first-order valence-electron chi connectivity index (χ1n) is 7.76. The highest BCUT2D eigenvalue weighted by molar-refractivity contribution is 6.46. The molecule has 0 aliphatic rings. The molecule has 0 unspecified atom stereocenters. The summed E-state index contributed by atoms with van der Waals surface area (Å²) in [5.74, 6) is 0.0414. The maximum atomic E-state index is 12.2. The van der Waals surface area contributed by atoms with Gasteiger partial charge in [0, 0.05) is 17.7 Å². The summed E-state index contributed by atoms with van der Waals surface area (Å²) < 4.78 is 5.56. The van der Waals surface area contributed by atoms with E-state index >= 15 is 0 Å². The smallest absolute Gasteiger partial charge is 0.291 e. The van der Waals surface area contributed by atoms with E-state index in [1.54, 1.807) is 24.3 Å². The molecule has 0 saturated carbocycles. The third-order valence-corrected chi connectivity index (χ3v) is 4.77. The van der Waals surface area contributed by atoms with Crippen LogP contribution in [0.15, 0.2) is 45.9 Å². The molecule has 2 aromatic heterocycles. The largest absolute Gasteiger partial charge is 0.455 e. The van der Waals surface area contributed by atoms with Gasteiger partial charge in [-0.1, -0.05) is 34.8 Å². The van der Waals surface area contributed by atoms with Gasteiger partial charge in [-0.3, -0.25) is 14.9 Å². The van der Waals surface area contributed by atoms with Gasteiger partial charge in [0.1, 0.15) is 16.5 Å². The number of benzene rings is 1. The van der Waals surface area contributed by atoms with E-state index in [0.717, 1.165) is 0 Å². The van der Waals surface area contributed by atoms with Crippen molar-refractivity contribution in [3.05, 3.63) is 73.2 Å². The minimum Gasteiger partial charge on any atom is -0.455 e. The number of hydrazone groups is 1. The summed E-state index contributed by atoms with van der Waals surface area (Å²) in [5.41, 5.74) is 8.20. The molecule has 12 heteroatoms. The lowest BCUT2D eigenvalue weighted by Gasteiger charge is -2.07. The Morgan fingerprint density at radius 2 is 1.86 bits per heavy atom. The van der Waals surface area contributed by atoms with Crippen LogP contribution in [-0.4, -0.2) is 22.0 Å². The number of nitro benzene ring substituents is 1. The number of hydrogen-bond donors (Lipinski definition) is 2. The molecular formula is C17H10Cl3N5O4. The standard InChI is InChI=1S/C17H10Cl3N5O4/c18-12-14(21)13(19)16(20)23-15(12)17(26)24-22-7-10-5-6-11(29-10)8-1-3-9(4-2-8)25(27)28/h1-7H,(H2,21,23)(H,24,26). The zero-order valence-electron chi connectivity index (χ0n) is 14.2. The molecule has 3 aromatic rings. The highest BCUT2D eigenvalue weighted by Crippen LogP contribution is 2.34. The summed E-state index contributed by atoms with van der Waals surface area (Å²) in [6.07, 6.45) is 1.25. The molecule has 0 aliphatic carbocycles. The van der Waals surface area contributed by atoms with Gasteiger partial charge in [0.15, 0.2) is 10.8 Å². The van der Waals surface area contributed by atoms with E-state index < -0.39 is 10.8 Å². The first-order valence-corrected chi connectivity index (χ1v) is 8.89. The number of anilines is 1. The fraction of sp³-hybridized carbons (Fsp3) is 0. The predicted molar refractivity (Wildman–Crippen MR) is 110 cm³/mol. The Labute approximate surface area is 178 Å². The average Bonchev–Trinajstić information content (AvgIpc) is 3.18. The Morgan fingerprint density at radius 3 is 2.52 bits per heavy atom. The summed E-state index contributed by atoms with van der Waals surface area (Å²) in [6, 6.07) is 9.11. The van der Waals surface area contributed by atoms with Crippen LogP contribution in [0, 0.1) is 10.1 Å². The molecule has 0 atom stereocenters. The Balaban J connectivity index is 1.70. The van der Waals surface area contributed by atoms with E-state index in [1.165, 1.54) is 18.3 Å². The summed E-state index contributed by atoms with van der Waals surface area (Å²) in [6.45, 7) is 0. The number of nitrogens with one attached hydrogen (secondary N) is 1. The maximum Gasteiger partial charge on any atom is 0.291 e. The number of furan rings is 1. The molecule has 0 fully saturated rings. The normalized spacial score (nSPS) is 11.0. The zero-order chi connectivity index (χ0) is 21.1. The van der Waals surface area contributed by atoms with Gasteiger partial charge in [0.2, 0.25) is 0 Å². The fourth-order valence-corrected chi connectivity index (χ4v) is 2.81. The predicted octanol–water partition coefficient (Wildman–Crippen LogP) is 4.56. The lowest BCUT2D eigenvalue weighted by atomic mass is 10.1. The third kappa shape index (κ3) is 4.48. The second-order valence-electron chi connectivity index (χ2n) is 5.50. The van der Waals surface area contributed by atoms with E-state index in [9.17, 15) is 14.9 Å². The third-order valence-electron chi connectivity index (χ3n) is 3.63. The lowest BCUT2D eigenvalue weighted by Crippen LogP contribution is -2.20. The quantitative estimate of drug-likeness (QED) is 0.251. The van der Waals surface area contributed by atoms with Crippen LogP contribution >= 0.6 is 34.8 Å². The number of rotatable bonds is 5.